The van der Waals surface area contributed by atoms with Crippen LogP contribution in [0, 0.1) is 0 Å². The monoisotopic (exact) mass is 283 g/mol. The van der Waals surface area contributed by atoms with Crippen molar-refractivity contribution in [3.63, 3.8) is 0 Å². The van der Waals surface area contributed by atoms with Gasteiger partial charge in [-0.3, -0.25) is 9.59 Å². The Labute approximate surface area is 114 Å². The molecule has 2 atom stereocenters. The minimum absolute atomic E-state index is 0.0681. The zero-order valence-electron chi connectivity index (χ0n) is 10.9. The van der Waals surface area contributed by atoms with Gasteiger partial charge in [0.05, 0.1) is 12.9 Å². The number of amides is 2. The van der Waals surface area contributed by atoms with Gasteiger partial charge >= 0.3 is 5.97 Å². The smallest absolute Gasteiger partial charge is 0.326 e. The van der Waals surface area contributed by atoms with Crippen LogP contribution in [0.5, 0.6) is 0 Å². The first-order valence-electron chi connectivity index (χ1n) is 5.94. The van der Waals surface area contributed by atoms with Crippen molar-refractivity contribution >= 4 is 17.8 Å². The first-order chi connectivity index (χ1) is 9.43. The van der Waals surface area contributed by atoms with E-state index in [2.05, 4.69) is 20.6 Å². The zero-order valence-corrected chi connectivity index (χ0v) is 10.9. The van der Waals surface area contributed by atoms with Crippen LogP contribution < -0.4 is 16.4 Å². The summed E-state index contributed by atoms with van der Waals surface area (Å²) >= 11 is 0. The Kier molecular flexibility index (Phi) is 5.66. The normalized spacial score (nSPS) is 13.3. The first-order valence-corrected chi connectivity index (χ1v) is 5.94. The van der Waals surface area contributed by atoms with Crippen LogP contribution in [-0.4, -0.2) is 51.5 Å². The SMILES string of the molecule is C[C@H](NC(=O)CN)C(=O)N[C@@H](Cc1cnc[nH]1)C(=O)O. The standard InChI is InChI=1S/C11H17N5O4/c1-6(15-9(17)3-12)10(18)16-8(11(19)20)2-7-4-13-5-14-7/h4-6,8H,2-3,12H2,1H3,(H,13,14)(H,15,17)(H,16,18)(H,19,20)/t6-,8-/m0/s1. The van der Waals surface area contributed by atoms with Crippen LogP contribution >= 0.6 is 0 Å². The Hall–Kier alpha value is -2.42. The Morgan fingerprint density at radius 1 is 1.45 bits per heavy atom. The van der Waals surface area contributed by atoms with Gasteiger partial charge in [-0.1, -0.05) is 0 Å². The summed E-state index contributed by atoms with van der Waals surface area (Å²) in [6.45, 7) is 1.20. The number of hydrogen-bond donors (Lipinski definition) is 5. The highest BCUT2D eigenvalue weighted by atomic mass is 16.4. The molecule has 0 unspecified atom stereocenters. The van der Waals surface area contributed by atoms with Gasteiger partial charge in [0.2, 0.25) is 11.8 Å². The highest BCUT2D eigenvalue weighted by molar-refractivity contribution is 5.90. The Morgan fingerprint density at radius 3 is 2.65 bits per heavy atom. The summed E-state index contributed by atoms with van der Waals surface area (Å²) in [5, 5.41) is 13.8. The van der Waals surface area contributed by atoms with Gasteiger partial charge in [-0.25, -0.2) is 9.78 Å². The molecule has 110 valence electrons. The van der Waals surface area contributed by atoms with Gasteiger partial charge in [-0.2, -0.15) is 0 Å². The van der Waals surface area contributed by atoms with E-state index in [4.69, 9.17) is 10.8 Å². The molecular weight excluding hydrogens is 266 g/mol. The number of carbonyl (C=O) groups is 3. The molecule has 0 saturated carbocycles. The minimum atomic E-state index is -1.18. The summed E-state index contributed by atoms with van der Waals surface area (Å²) in [5.41, 5.74) is 5.69. The van der Waals surface area contributed by atoms with Crippen LogP contribution in [0.4, 0.5) is 0 Å². The molecule has 1 heterocycles. The zero-order chi connectivity index (χ0) is 15.1. The number of nitrogens with zero attached hydrogens (tertiary/aromatic N) is 1. The summed E-state index contributed by atoms with van der Waals surface area (Å²) in [4.78, 5) is 40.5. The van der Waals surface area contributed by atoms with Crippen LogP contribution in [0.3, 0.4) is 0 Å². The van der Waals surface area contributed by atoms with Gasteiger partial charge in [-0.15, -0.1) is 0 Å². The molecular formula is C11H17N5O4. The summed E-state index contributed by atoms with van der Waals surface area (Å²) in [6.07, 6.45) is 2.96. The van der Waals surface area contributed by atoms with E-state index in [9.17, 15) is 14.4 Å². The number of aromatic nitrogens is 2. The summed E-state index contributed by atoms with van der Waals surface area (Å²) in [7, 11) is 0. The van der Waals surface area contributed by atoms with Crippen LogP contribution in [0.2, 0.25) is 0 Å². The number of hydrogen-bond acceptors (Lipinski definition) is 5. The largest absolute Gasteiger partial charge is 0.480 e. The third-order valence-electron chi connectivity index (χ3n) is 2.55. The number of rotatable bonds is 7. The maximum absolute atomic E-state index is 11.8. The van der Waals surface area contributed by atoms with E-state index >= 15 is 0 Å². The fourth-order valence-corrected chi connectivity index (χ4v) is 1.48. The summed E-state index contributed by atoms with van der Waals surface area (Å²) < 4.78 is 0. The van der Waals surface area contributed by atoms with E-state index < -0.39 is 29.9 Å². The van der Waals surface area contributed by atoms with Crippen molar-refractivity contribution in [2.45, 2.75) is 25.4 Å². The Morgan fingerprint density at radius 2 is 2.15 bits per heavy atom. The molecule has 0 aliphatic heterocycles. The van der Waals surface area contributed by atoms with Gasteiger partial charge in [0.15, 0.2) is 0 Å². The highest BCUT2D eigenvalue weighted by Gasteiger charge is 2.24. The van der Waals surface area contributed by atoms with E-state index in [0.717, 1.165) is 0 Å². The molecule has 0 aliphatic rings. The predicted molar refractivity (Wildman–Crippen MR) is 68.5 cm³/mol. The maximum atomic E-state index is 11.8. The second-order valence-electron chi connectivity index (χ2n) is 4.17. The molecule has 0 radical (unpaired) electrons. The molecule has 0 bridgehead atoms. The van der Waals surface area contributed by atoms with Gasteiger partial charge in [0, 0.05) is 18.3 Å². The van der Waals surface area contributed by atoms with E-state index in [1.807, 2.05) is 0 Å². The second-order valence-corrected chi connectivity index (χ2v) is 4.17. The molecule has 1 aromatic heterocycles. The molecule has 0 aliphatic carbocycles. The summed E-state index contributed by atoms with van der Waals surface area (Å²) in [6, 6.07) is -1.98. The molecule has 9 nitrogen and oxygen atoms in total. The number of nitrogens with one attached hydrogen (secondary N) is 3. The van der Waals surface area contributed by atoms with Crippen LogP contribution in [0.15, 0.2) is 12.5 Å². The number of nitrogens with two attached hydrogens (primary N) is 1. The molecule has 6 N–H and O–H groups in total. The van der Waals surface area contributed by atoms with Crippen molar-refractivity contribution in [2.24, 2.45) is 5.73 Å². The van der Waals surface area contributed by atoms with Gasteiger partial charge in [0.25, 0.3) is 0 Å². The maximum Gasteiger partial charge on any atom is 0.326 e. The second kappa shape index (κ2) is 7.24. The van der Waals surface area contributed by atoms with Gasteiger partial charge in [-0.05, 0) is 6.92 Å². The number of imidazole rings is 1. The molecule has 1 rings (SSSR count). The fraction of sp³-hybridized carbons (Fsp3) is 0.455. The number of aliphatic carboxylic acids is 1. The van der Waals surface area contributed by atoms with Crippen LogP contribution in [-0.2, 0) is 20.8 Å². The van der Waals surface area contributed by atoms with Gasteiger partial charge < -0.3 is 26.5 Å². The van der Waals surface area contributed by atoms with Crippen molar-refractivity contribution in [1.29, 1.82) is 0 Å². The van der Waals surface area contributed by atoms with Gasteiger partial charge in [0.1, 0.15) is 12.1 Å². The highest BCUT2D eigenvalue weighted by Crippen LogP contribution is 1.99. The fourth-order valence-electron chi connectivity index (χ4n) is 1.48. The molecule has 0 fully saturated rings. The van der Waals surface area contributed by atoms with Crippen LogP contribution in [0.1, 0.15) is 12.6 Å². The van der Waals surface area contributed by atoms with Crippen molar-refractivity contribution in [2.75, 3.05) is 6.54 Å². The van der Waals surface area contributed by atoms with E-state index in [-0.39, 0.29) is 13.0 Å². The minimum Gasteiger partial charge on any atom is -0.480 e. The molecule has 0 saturated heterocycles. The molecule has 1 aromatic rings. The quantitative estimate of drug-likeness (QED) is 0.390. The van der Waals surface area contributed by atoms with E-state index in [1.54, 1.807) is 0 Å². The average Bonchev–Trinajstić information content (AvgIpc) is 2.90. The average molecular weight is 283 g/mol. The molecule has 20 heavy (non-hydrogen) atoms. The number of carbonyl (C=O) groups excluding carboxylic acids is 2. The third kappa shape index (κ3) is 4.69. The number of H-pyrrole nitrogens is 1. The van der Waals surface area contributed by atoms with E-state index in [1.165, 1.54) is 19.4 Å². The molecule has 2 amide bonds. The summed E-state index contributed by atoms with van der Waals surface area (Å²) in [5.74, 6) is -2.27. The predicted octanol–water partition coefficient (Wildman–Crippen LogP) is -2.01. The number of carboxylic acid groups (broad SMARTS) is 1. The van der Waals surface area contributed by atoms with Crippen molar-refractivity contribution in [3.05, 3.63) is 18.2 Å². The van der Waals surface area contributed by atoms with E-state index in [0.29, 0.717) is 5.69 Å². The molecule has 0 aromatic carbocycles. The lowest BCUT2D eigenvalue weighted by Gasteiger charge is -2.18. The Balaban J connectivity index is 2.59. The van der Waals surface area contributed by atoms with Crippen LogP contribution in [0.25, 0.3) is 0 Å². The molecule has 9 heteroatoms. The number of aromatic amines is 1. The lowest BCUT2D eigenvalue weighted by molar-refractivity contribution is -0.142. The molecule has 0 spiro atoms. The Bertz CT molecular complexity index is 473. The van der Waals surface area contributed by atoms with Crippen molar-refractivity contribution in [3.8, 4) is 0 Å². The first kappa shape index (κ1) is 15.6. The third-order valence-corrected chi connectivity index (χ3v) is 2.55. The lowest BCUT2D eigenvalue weighted by atomic mass is 10.1. The topological polar surface area (TPSA) is 150 Å². The lowest BCUT2D eigenvalue weighted by Crippen LogP contribution is -2.51. The number of carboxylic acids is 1. The van der Waals surface area contributed by atoms with Crippen molar-refractivity contribution < 1.29 is 19.5 Å². The van der Waals surface area contributed by atoms with Crippen molar-refractivity contribution in [1.82, 2.24) is 20.6 Å².